The van der Waals surface area contributed by atoms with E-state index in [9.17, 15) is 4.79 Å². The lowest BCUT2D eigenvalue weighted by Crippen LogP contribution is -2.43. The van der Waals surface area contributed by atoms with Crippen molar-refractivity contribution in [2.75, 3.05) is 19.6 Å². The molecular weight excluding hydrogens is 330 g/mol. The van der Waals surface area contributed by atoms with E-state index in [2.05, 4.69) is 29.0 Å². The Balaban J connectivity index is 1.56. The van der Waals surface area contributed by atoms with Crippen LogP contribution in [-0.4, -0.2) is 46.7 Å². The molecule has 0 radical (unpaired) electrons. The molecule has 3 rings (SSSR count). The zero-order valence-electron chi connectivity index (χ0n) is 15.5. The summed E-state index contributed by atoms with van der Waals surface area (Å²) in [5.74, 6) is 0.595. The van der Waals surface area contributed by atoms with Gasteiger partial charge in [0.1, 0.15) is 5.03 Å². The summed E-state index contributed by atoms with van der Waals surface area (Å²) in [4.78, 5) is 19.7. The van der Waals surface area contributed by atoms with E-state index >= 15 is 0 Å². The van der Waals surface area contributed by atoms with Crippen LogP contribution < -0.4 is 5.32 Å². The summed E-state index contributed by atoms with van der Waals surface area (Å²) in [5.41, 5.74) is 0.746. The van der Waals surface area contributed by atoms with Crippen LogP contribution in [0.15, 0.2) is 23.4 Å². The van der Waals surface area contributed by atoms with E-state index in [1.54, 1.807) is 18.0 Å². The lowest BCUT2D eigenvalue weighted by molar-refractivity contribution is 0.0919. The first-order chi connectivity index (χ1) is 12.1. The third-order valence-corrected chi connectivity index (χ3v) is 6.78. The van der Waals surface area contributed by atoms with Crippen LogP contribution in [0.2, 0.25) is 0 Å². The minimum Gasteiger partial charge on any atom is -0.352 e. The van der Waals surface area contributed by atoms with Gasteiger partial charge >= 0.3 is 0 Å². The molecule has 2 heterocycles. The Kier molecular flexibility index (Phi) is 6.77. The molecule has 1 aromatic heterocycles. The van der Waals surface area contributed by atoms with Crippen LogP contribution >= 0.6 is 11.8 Å². The van der Waals surface area contributed by atoms with E-state index in [0.29, 0.717) is 17.2 Å². The Bertz CT molecular complexity index is 572. The second kappa shape index (κ2) is 9.04. The number of nitrogens with one attached hydrogen (secondary N) is 1. The number of piperidine rings is 1. The van der Waals surface area contributed by atoms with Gasteiger partial charge in [-0.3, -0.25) is 4.79 Å². The number of hydrogen-bond acceptors (Lipinski definition) is 4. The number of carbonyl (C=O) groups excluding carboxylic acids is 1. The predicted molar refractivity (Wildman–Crippen MR) is 104 cm³/mol. The molecule has 1 saturated carbocycles. The molecule has 1 aromatic rings. The number of pyridine rings is 1. The summed E-state index contributed by atoms with van der Waals surface area (Å²) < 4.78 is 0. The second-order valence-corrected chi connectivity index (χ2v) is 8.98. The fourth-order valence-electron chi connectivity index (χ4n) is 3.89. The molecule has 5 heteroatoms. The highest BCUT2D eigenvalue weighted by Gasteiger charge is 2.24. The molecule has 4 nitrogen and oxygen atoms in total. The van der Waals surface area contributed by atoms with Gasteiger partial charge in [0.2, 0.25) is 0 Å². The van der Waals surface area contributed by atoms with E-state index in [0.717, 1.165) is 23.7 Å². The molecule has 2 fully saturated rings. The summed E-state index contributed by atoms with van der Waals surface area (Å²) in [7, 11) is 0. The number of thioether (sulfide) groups is 1. The molecule has 1 aliphatic carbocycles. The monoisotopic (exact) mass is 361 g/mol. The zero-order chi connectivity index (χ0) is 17.6. The molecule has 138 valence electrons. The topological polar surface area (TPSA) is 45.2 Å². The number of aromatic nitrogens is 1. The van der Waals surface area contributed by atoms with E-state index < -0.39 is 0 Å². The maximum absolute atomic E-state index is 12.7. The Labute approximate surface area is 156 Å². The Morgan fingerprint density at radius 1 is 1.32 bits per heavy atom. The highest BCUT2D eigenvalue weighted by molar-refractivity contribution is 7.99. The van der Waals surface area contributed by atoms with Gasteiger partial charge in [0.25, 0.3) is 5.91 Å². The van der Waals surface area contributed by atoms with Crippen molar-refractivity contribution < 1.29 is 4.79 Å². The molecule has 1 atom stereocenters. The van der Waals surface area contributed by atoms with Crippen molar-refractivity contribution in [3.63, 3.8) is 0 Å². The van der Waals surface area contributed by atoms with Crippen LogP contribution in [0, 0.1) is 5.92 Å². The average Bonchev–Trinajstić information content (AvgIpc) is 3.13. The average molecular weight is 362 g/mol. The summed E-state index contributed by atoms with van der Waals surface area (Å²) in [6.45, 7) is 7.55. The van der Waals surface area contributed by atoms with Crippen molar-refractivity contribution in [1.29, 1.82) is 0 Å². The second-order valence-electron chi connectivity index (χ2n) is 7.69. The number of hydrogen-bond donors (Lipinski definition) is 1. The molecule has 1 unspecified atom stereocenters. The summed E-state index contributed by atoms with van der Waals surface area (Å²) in [6, 6.07) is 4.38. The van der Waals surface area contributed by atoms with Gasteiger partial charge in [0, 0.05) is 30.6 Å². The number of carbonyl (C=O) groups is 1. The van der Waals surface area contributed by atoms with Crippen molar-refractivity contribution in [1.82, 2.24) is 15.2 Å². The lowest BCUT2D eigenvalue weighted by atomic mass is 9.97. The number of amides is 1. The first-order valence-electron chi connectivity index (χ1n) is 9.77. The van der Waals surface area contributed by atoms with E-state index in [-0.39, 0.29) is 5.91 Å². The largest absolute Gasteiger partial charge is 0.352 e. The molecule has 0 spiro atoms. The zero-order valence-corrected chi connectivity index (χ0v) is 16.4. The highest BCUT2D eigenvalue weighted by Crippen LogP contribution is 2.35. The van der Waals surface area contributed by atoms with Gasteiger partial charge in [0.05, 0.1) is 5.56 Å². The van der Waals surface area contributed by atoms with Crippen LogP contribution in [0.25, 0.3) is 0 Å². The third kappa shape index (κ3) is 5.20. The van der Waals surface area contributed by atoms with Gasteiger partial charge in [-0.05, 0) is 64.1 Å². The molecule has 0 aromatic carbocycles. The molecule has 0 bridgehead atoms. The van der Waals surface area contributed by atoms with Crippen LogP contribution in [0.1, 0.15) is 62.7 Å². The van der Waals surface area contributed by atoms with Gasteiger partial charge in [-0.15, -0.1) is 11.8 Å². The predicted octanol–water partition coefficient (Wildman–Crippen LogP) is 3.97. The fourth-order valence-corrected chi connectivity index (χ4v) is 5.18. The summed E-state index contributed by atoms with van der Waals surface area (Å²) >= 11 is 1.79. The minimum atomic E-state index is 0.0373. The summed E-state index contributed by atoms with van der Waals surface area (Å²) in [5, 5.41) is 4.70. The molecule has 1 saturated heterocycles. The molecule has 1 aliphatic heterocycles. The third-order valence-electron chi connectivity index (χ3n) is 5.43. The van der Waals surface area contributed by atoms with E-state index in [1.807, 2.05) is 12.1 Å². The van der Waals surface area contributed by atoms with Gasteiger partial charge in [-0.2, -0.15) is 0 Å². The maximum Gasteiger partial charge on any atom is 0.254 e. The first-order valence-corrected chi connectivity index (χ1v) is 10.7. The maximum atomic E-state index is 12.7. The van der Waals surface area contributed by atoms with Gasteiger partial charge < -0.3 is 10.2 Å². The number of likely N-dealkylation sites (tertiary alicyclic amines) is 1. The van der Waals surface area contributed by atoms with Gasteiger partial charge in [0.15, 0.2) is 0 Å². The first kappa shape index (κ1) is 18.7. The van der Waals surface area contributed by atoms with E-state index in [1.165, 1.54) is 45.1 Å². The number of rotatable bonds is 6. The van der Waals surface area contributed by atoms with Crippen molar-refractivity contribution in [2.45, 2.75) is 68.7 Å². The quantitative estimate of drug-likeness (QED) is 0.833. The van der Waals surface area contributed by atoms with Gasteiger partial charge in [-0.25, -0.2) is 4.98 Å². The van der Waals surface area contributed by atoms with Crippen molar-refractivity contribution in [3.05, 3.63) is 23.9 Å². The standard InChI is InChI=1S/C20H31N3OS/c1-15(2)23-12-6-7-16(14-23)13-22-19(24)18-10-5-11-21-20(18)25-17-8-3-4-9-17/h5,10-11,15-17H,3-4,6-9,12-14H2,1-2H3,(H,22,24). The fraction of sp³-hybridized carbons (Fsp3) is 0.700. The Hall–Kier alpha value is -1.07. The molecule has 25 heavy (non-hydrogen) atoms. The highest BCUT2D eigenvalue weighted by atomic mass is 32.2. The SMILES string of the molecule is CC(C)N1CCCC(CNC(=O)c2cccnc2SC2CCCC2)C1. The summed E-state index contributed by atoms with van der Waals surface area (Å²) in [6.07, 6.45) is 9.34. The normalized spacial score (nSPS) is 22.4. The smallest absolute Gasteiger partial charge is 0.254 e. The Morgan fingerprint density at radius 2 is 2.12 bits per heavy atom. The minimum absolute atomic E-state index is 0.0373. The number of nitrogens with zero attached hydrogens (tertiary/aromatic N) is 2. The Morgan fingerprint density at radius 3 is 2.88 bits per heavy atom. The van der Waals surface area contributed by atoms with Gasteiger partial charge in [-0.1, -0.05) is 12.8 Å². The van der Waals surface area contributed by atoms with Crippen LogP contribution in [0.5, 0.6) is 0 Å². The van der Waals surface area contributed by atoms with Crippen LogP contribution in [-0.2, 0) is 0 Å². The lowest BCUT2D eigenvalue weighted by Gasteiger charge is -2.35. The van der Waals surface area contributed by atoms with Crippen molar-refractivity contribution in [3.8, 4) is 0 Å². The van der Waals surface area contributed by atoms with Crippen LogP contribution in [0.3, 0.4) is 0 Å². The van der Waals surface area contributed by atoms with Crippen molar-refractivity contribution in [2.24, 2.45) is 5.92 Å². The molecule has 2 aliphatic rings. The molecule has 1 amide bonds. The molecule has 1 N–H and O–H groups in total. The van der Waals surface area contributed by atoms with Crippen LogP contribution in [0.4, 0.5) is 0 Å². The van der Waals surface area contributed by atoms with E-state index in [4.69, 9.17) is 0 Å². The van der Waals surface area contributed by atoms with Crippen molar-refractivity contribution >= 4 is 17.7 Å². The molecular formula is C20H31N3OS.